The molecule has 0 bridgehead atoms. The molecule has 1 atom stereocenters. The first-order chi connectivity index (χ1) is 20.5. The number of aryl methyl sites for hydroxylation is 1. The Morgan fingerprint density at radius 1 is 0.930 bits per heavy atom. The molecule has 1 N–H and O–H groups in total. The molecule has 2 amide bonds. The van der Waals surface area contributed by atoms with Crippen LogP contribution in [0.5, 0.6) is 11.5 Å². The molecule has 0 heterocycles. The van der Waals surface area contributed by atoms with E-state index in [4.69, 9.17) is 9.47 Å². The van der Waals surface area contributed by atoms with E-state index in [1.54, 1.807) is 55.6 Å². The second kappa shape index (κ2) is 15.4. The molecule has 10 heteroatoms. The maximum absolute atomic E-state index is 14.2. The molecule has 232 valence electrons. The fraction of sp³-hybridized carbons (Fsp3) is 0.394. The monoisotopic (exact) mass is 609 g/mol. The van der Waals surface area contributed by atoms with Crippen LogP contribution in [0.3, 0.4) is 0 Å². The van der Waals surface area contributed by atoms with Crippen molar-refractivity contribution >= 4 is 27.5 Å². The molecule has 3 rings (SSSR count). The smallest absolute Gasteiger partial charge is 0.264 e. The van der Waals surface area contributed by atoms with Gasteiger partial charge >= 0.3 is 0 Å². The molecule has 0 aromatic heterocycles. The number of hydrogen-bond acceptors (Lipinski definition) is 6. The molecule has 3 aromatic rings. The van der Waals surface area contributed by atoms with Crippen molar-refractivity contribution in [1.29, 1.82) is 0 Å². The first kappa shape index (κ1) is 33.5. The fourth-order valence-electron chi connectivity index (χ4n) is 4.55. The number of nitrogens with one attached hydrogen (secondary N) is 1. The van der Waals surface area contributed by atoms with Gasteiger partial charge in [-0.3, -0.25) is 13.9 Å². The lowest BCUT2D eigenvalue weighted by Crippen LogP contribution is -2.52. The van der Waals surface area contributed by atoms with Gasteiger partial charge in [0.1, 0.15) is 24.1 Å². The number of benzene rings is 3. The van der Waals surface area contributed by atoms with Gasteiger partial charge in [-0.15, -0.1) is 0 Å². The van der Waals surface area contributed by atoms with E-state index in [1.165, 1.54) is 17.0 Å². The van der Waals surface area contributed by atoms with Crippen LogP contribution in [-0.2, 0) is 26.2 Å². The standard InChI is InChI=1S/C33H43N3O6S/c1-7-31(33(38)34-21-24(3)4)35(22-26-10-9-11-29(20-26)41-6)32(37)23-36(27-14-12-25(5)13-15-27)43(39,40)30-18-16-28(17-19-30)42-8-2/h9-20,24,31H,7-8,21-23H2,1-6H3,(H,34,38)/t31-/m1/s1. The van der Waals surface area contributed by atoms with Crippen molar-refractivity contribution in [3.05, 3.63) is 83.9 Å². The Morgan fingerprint density at radius 2 is 1.60 bits per heavy atom. The summed E-state index contributed by atoms with van der Waals surface area (Å²) in [5, 5.41) is 2.94. The quantitative estimate of drug-likeness (QED) is 0.255. The number of nitrogens with zero attached hydrogens (tertiary/aromatic N) is 2. The predicted octanol–water partition coefficient (Wildman–Crippen LogP) is 5.18. The molecule has 0 aliphatic carbocycles. The summed E-state index contributed by atoms with van der Waals surface area (Å²) < 4.78 is 40.1. The van der Waals surface area contributed by atoms with Gasteiger partial charge in [0, 0.05) is 13.1 Å². The maximum atomic E-state index is 14.2. The van der Waals surface area contributed by atoms with Crippen molar-refractivity contribution in [2.24, 2.45) is 5.92 Å². The highest BCUT2D eigenvalue weighted by Crippen LogP contribution is 2.27. The summed E-state index contributed by atoms with van der Waals surface area (Å²) in [6.07, 6.45) is 0.343. The summed E-state index contributed by atoms with van der Waals surface area (Å²) >= 11 is 0. The van der Waals surface area contributed by atoms with Gasteiger partial charge in [-0.2, -0.15) is 0 Å². The van der Waals surface area contributed by atoms with Crippen molar-refractivity contribution in [2.75, 3.05) is 31.1 Å². The Hall–Kier alpha value is -4.05. The first-order valence-electron chi connectivity index (χ1n) is 14.5. The minimum absolute atomic E-state index is 0.0189. The number of ether oxygens (including phenoxy) is 2. The molecular weight excluding hydrogens is 566 g/mol. The maximum Gasteiger partial charge on any atom is 0.264 e. The van der Waals surface area contributed by atoms with Crippen molar-refractivity contribution in [2.45, 2.75) is 58.5 Å². The summed E-state index contributed by atoms with van der Waals surface area (Å²) in [5.41, 5.74) is 2.03. The number of anilines is 1. The lowest BCUT2D eigenvalue weighted by atomic mass is 10.1. The van der Waals surface area contributed by atoms with Crippen LogP contribution < -0.4 is 19.1 Å². The van der Waals surface area contributed by atoms with Crippen LogP contribution in [0.25, 0.3) is 0 Å². The summed E-state index contributed by atoms with van der Waals surface area (Å²) in [4.78, 5) is 29.0. The molecular formula is C33H43N3O6S. The molecule has 0 spiro atoms. The van der Waals surface area contributed by atoms with Crippen LogP contribution >= 0.6 is 0 Å². The van der Waals surface area contributed by atoms with Gasteiger partial charge in [0.15, 0.2) is 0 Å². The Kier molecular flexibility index (Phi) is 12.0. The van der Waals surface area contributed by atoms with Crippen LogP contribution in [0.1, 0.15) is 45.2 Å². The lowest BCUT2D eigenvalue weighted by molar-refractivity contribution is -0.140. The zero-order valence-electron chi connectivity index (χ0n) is 25.9. The van der Waals surface area contributed by atoms with Crippen molar-refractivity contribution < 1.29 is 27.5 Å². The minimum Gasteiger partial charge on any atom is -0.497 e. The number of carbonyl (C=O) groups is 2. The van der Waals surface area contributed by atoms with Crippen molar-refractivity contribution in [3.8, 4) is 11.5 Å². The summed E-state index contributed by atoms with van der Waals surface area (Å²) in [7, 11) is -2.62. The molecule has 0 fully saturated rings. The Balaban J connectivity index is 2.04. The third-order valence-electron chi connectivity index (χ3n) is 6.88. The van der Waals surface area contributed by atoms with Crippen LogP contribution in [0.4, 0.5) is 5.69 Å². The van der Waals surface area contributed by atoms with Crippen LogP contribution in [-0.4, -0.2) is 58.0 Å². The van der Waals surface area contributed by atoms with E-state index in [9.17, 15) is 18.0 Å². The van der Waals surface area contributed by atoms with E-state index in [0.29, 0.717) is 36.8 Å². The SMILES string of the molecule is CCOc1ccc(S(=O)(=O)N(CC(=O)N(Cc2cccc(OC)c2)[C@H](CC)C(=O)NCC(C)C)c2ccc(C)cc2)cc1. The topological polar surface area (TPSA) is 105 Å². The van der Waals surface area contributed by atoms with E-state index < -0.39 is 28.5 Å². The fourth-order valence-corrected chi connectivity index (χ4v) is 5.97. The van der Waals surface area contributed by atoms with Gasteiger partial charge in [-0.1, -0.05) is 50.6 Å². The van der Waals surface area contributed by atoms with Gasteiger partial charge in [0.2, 0.25) is 11.8 Å². The zero-order chi connectivity index (χ0) is 31.6. The van der Waals surface area contributed by atoms with E-state index in [2.05, 4.69) is 5.32 Å². The van der Waals surface area contributed by atoms with Crippen LogP contribution in [0.15, 0.2) is 77.7 Å². The second-order valence-electron chi connectivity index (χ2n) is 10.7. The molecule has 3 aromatic carbocycles. The third-order valence-corrected chi connectivity index (χ3v) is 8.67. The average Bonchev–Trinajstić information content (AvgIpc) is 2.99. The number of sulfonamides is 1. The highest BCUT2D eigenvalue weighted by molar-refractivity contribution is 7.92. The normalized spacial score (nSPS) is 12.0. The van der Waals surface area contributed by atoms with Gasteiger partial charge in [0.25, 0.3) is 10.0 Å². The lowest BCUT2D eigenvalue weighted by Gasteiger charge is -2.33. The molecule has 9 nitrogen and oxygen atoms in total. The number of rotatable bonds is 15. The zero-order valence-corrected chi connectivity index (χ0v) is 26.7. The molecule has 0 saturated carbocycles. The Morgan fingerprint density at radius 3 is 2.19 bits per heavy atom. The van der Waals surface area contributed by atoms with E-state index in [1.807, 2.05) is 46.8 Å². The molecule has 0 saturated heterocycles. The van der Waals surface area contributed by atoms with Crippen molar-refractivity contribution in [1.82, 2.24) is 10.2 Å². The summed E-state index contributed by atoms with van der Waals surface area (Å²) in [6, 6.07) is 19.5. The van der Waals surface area contributed by atoms with Gasteiger partial charge in [-0.25, -0.2) is 8.42 Å². The van der Waals surface area contributed by atoms with Gasteiger partial charge in [-0.05, 0) is 80.3 Å². The number of hydrogen-bond donors (Lipinski definition) is 1. The van der Waals surface area contributed by atoms with Crippen LogP contribution in [0.2, 0.25) is 0 Å². The van der Waals surface area contributed by atoms with E-state index in [0.717, 1.165) is 15.4 Å². The Bertz CT molecular complexity index is 1460. The molecule has 0 unspecified atom stereocenters. The summed E-state index contributed by atoms with van der Waals surface area (Å²) in [5.74, 6) is 0.581. The van der Waals surface area contributed by atoms with Crippen LogP contribution in [0, 0.1) is 12.8 Å². The van der Waals surface area contributed by atoms with Crippen molar-refractivity contribution in [3.63, 3.8) is 0 Å². The van der Waals surface area contributed by atoms with Gasteiger partial charge in [0.05, 0.1) is 24.3 Å². The number of amides is 2. The second-order valence-corrected chi connectivity index (χ2v) is 12.6. The number of carbonyl (C=O) groups excluding carboxylic acids is 2. The molecule has 0 aliphatic rings. The van der Waals surface area contributed by atoms with E-state index in [-0.39, 0.29) is 23.3 Å². The minimum atomic E-state index is -4.18. The molecule has 43 heavy (non-hydrogen) atoms. The highest BCUT2D eigenvalue weighted by atomic mass is 32.2. The first-order valence-corrected chi connectivity index (χ1v) is 16.0. The largest absolute Gasteiger partial charge is 0.497 e. The molecule has 0 radical (unpaired) electrons. The van der Waals surface area contributed by atoms with E-state index >= 15 is 0 Å². The van der Waals surface area contributed by atoms with Gasteiger partial charge < -0.3 is 19.7 Å². The third kappa shape index (κ3) is 8.97. The predicted molar refractivity (Wildman–Crippen MR) is 169 cm³/mol. The number of methoxy groups -OCH3 is 1. The Labute approximate surface area is 255 Å². The summed E-state index contributed by atoms with van der Waals surface area (Å²) in [6.45, 7) is 10.1. The average molecular weight is 610 g/mol. The highest BCUT2D eigenvalue weighted by Gasteiger charge is 2.33. The molecule has 0 aliphatic heterocycles.